The third-order valence-electron chi connectivity index (χ3n) is 3.11. The minimum Gasteiger partial charge on any atom is -0.461 e. The summed E-state index contributed by atoms with van der Waals surface area (Å²) in [6, 6.07) is 0.696. The number of nitrogens with zero attached hydrogens (tertiary/aromatic N) is 3. The van der Waals surface area contributed by atoms with Gasteiger partial charge in [0.05, 0.1) is 6.10 Å². The number of hydrazine groups is 1. The number of hydrogen-bond acceptors (Lipinski definition) is 7. The lowest BCUT2D eigenvalue weighted by Crippen LogP contribution is -2.20. The van der Waals surface area contributed by atoms with Crippen molar-refractivity contribution < 1.29 is 4.74 Å². The van der Waals surface area contributed by atoms with Gasteiger partial charge in [-0.2, -0.15) is 15.0 Å². The Morgan fingerprint density at radius 2 is 1.95 bits per heavy atom. The molecule has 4 N–H and O–H groups in total. The van der Waals surface area contributed by atoms with Gasteiger partial charge in [0.2, 0.25) is 11.9 Å². The van der Waals surface area contributed by atoms with E-state index in [2.05, 4.69) is 32.6 Å². The molecule has 1 aromatic heterocycles. The van der Waals surface area contributed by atoms with E-state index in [4.69, 9.17) is 10.6 Å². The van der Waals surface area contributed by atoms with Crippen molar-refractivity contribution in [2.75, 3.05) is 10.7 Å². The Morgan fingerprint density at radius 1 is 1.21 bits per heavy atom. The molecule has 106 valence electrons. The average Bonchev–Trinajstić information content (AvgIpc) is 2.73. The molecule has 7 nitrogen and oxygen atoms in total. The first-order valence-corrected chi connectivity index (χ1v) is 6.72. The first-order valence-electron chi connectivity index (χ1n) is 6.72. The molecule has 0 spiro atoms. The van der Waals surface area contributed by atoms with Crippen LogP contribution < -0.4 is 21.3 Å². The summed E-state index contributed by atoms with van der Waals surface area (Å²) in [4.78, 5) is 12.5. The summed E-state index contributed by atoms with van der Waals surface area (Å²) in [6.07, 6.45) is 3.52. The van der Waals surface area contributed by atoms with E-state index in [1.165, 1.54) is 6.42 Å². The van der Waals surface area contributed by atoms with E-state index in [9.17, 15) is 0 Å². The molecule has 1 aromatic rings. The summed E-state index contributed by atoms with van der Waals surface area (Å²) in [5.41, 5.74) is 2.43. The quantitative estimate of drug-likeness (QED) is 0.549. The summed E-state index contributed by atoms with van der Waals surface area (Å²) >= 11 is 0. The van der Waals surface area contributed by atoms with Crippen LogP contribution in [0.4, 0.5) is 11.9 Å². The van der Waals surface area contributed by atoms with Gasteiger partial charge in [-0.15, -0.1) is 0 Å². The molecule has 1 aliphatic rings. The van der Waals surface area contributed by atoms with Crippen molar-refractivity contribution in [3.05, 3.63) is 0 Å². The van der Waals surface area contributed by atoms with E-state index < -0.39 is 0 Å². The number of aromatic nitrogens is 3. The van der Waals surface area contributed by atoms with Gasteiger partial charge in [0.1, 0.15) is 0 Å². The zero-order valence-corrected chi connectivity index (χ0v) is 11.7. The normalized spacial score (nSPS) is 22.6. The first-order chi connectivity index (χ1) is 9.06. The smallest absolute Gasteiger partial charge is 0.323 e. The predicted octanol–water partition coefficient (Wildman–Crippen LogP) is 1.54. The summed E-state index contributed by atoms with van der Waals surface area (Å²) < 4.78 is 5.49. The van der Waals surface area contributed by atoms with Gasteiger partial charge < -0.3 is 10.1 Å². The Hall–Kier alpha value is -1.63. The fourth-order valence-electron chi connectivity index (χ4n) is 2.27. The van der Waals surface area contributed by atoms with Crippen LogP contribution in [-0.4, -0.2) is 27.1 Å². The minimum absolute atomic E-state index is 0.00683. The summed E-state index contributed by atoms with van der Waals surface area (Å²) in [7, 11) is 0. The fourth-order valence-corrected chi connectivity index (χ4v) is 2.27. The highest BCUT2D eigenvalue weighted by molar-refractivity contribution is 5.36. The number of nitrogen functional groups attached to an aromatic ring is 1. The molecule has 0 saturated heterocycles. The molecule has 0 bridgehead atoms. The SMILES string of the molecule is CC1CCC(Nc2nc(NN)nc(OC(C)C)n2)C1. The molecule has 1 saturated carbocycles. The average molecular weight is 266 g/mol. The van der Waals surface area contributed by atoms with Gasteiger partial charge in [0, 0.05) is 6.04 Å². The Labute approximate surface area is 113 Å². The number of rotatable bonds is 5. The van der Waals surface area contributed by atoms with Crippen molar-refractivity contribution in [2.45, 2.75) is 52.2 Å². The molecule has 2 rings (SSSR count). The highest BCUT2D eigenvalue weighted by Gasteiger charge is 2.22. The Bertz CT molecular complexity index is 425. The number of nitrogens with two attached hydrogens (primary N) is 1. The molecule has 1 aliphatic carbocycles. The molecule has 2 unspecified atom stereocenters. The maximum atomic E-state index is 5.49. The zero-order valence-electron chi connectivity index (χ0n) is 11.7. The summed E-state index contributed by atoms with van der Waals surface area (Å²) in [6.45, 7) is 6.10. The second kappa shape index (κ2) is 6.01. The Morgan fingerprint density at radius 3 is 2.53 bits per heavy atom. The first kappa shape index (κ1) is 13.8. The summed E-state index contributed by atoms with van der Waals surface area (Å²) in [5, 5.41) is 3.32. The number of ether oxygens (including phenoxy) is 1. The van der Waals surface area contributed by atoms with Crippen molar-refractivity contribution in [1.82, 2.24) is 15.0 Å². The molecule has 2 atom stereocenters. The fraction of sp³-hybridized carbons (Fsp3) is 0.750. The maximum Gasteiger partial charge on any atom is 0.323 e. The van der Waals surface area contributed by atoms with Crippen molar-refractivity contribution in [3.63, 3.8) is 0 Å². The van der Waals surface area contributed by atoms with E-state index in [1.54, 1.807) is 0 Å². The minimum atomic E-state index is 0.00683. The van der Waals surface area contributed by atoms with E-state index in [1.807, 2.05) is 13.8 Å². The monoisotopic (exact) mass is 266 g/mol. The van der Waals surface area contributed by atoms with E-state index in [0.717, 1.165) is 18.8 Å². The highest BCUT2D eigenvalue weighted by Crippen LogP contribution is 2.27. The highest BCUT2D eigenvalue weighted by atomic mass is 16.5. The van der Waals surface area contributed by atoms with Gasteiger partial charge in [0.25, 0.3) is 0 Å². The molecule has 1 heterocycles. The van der Waals surface area contributed by atoms with Gasteiger partial charge in [0.15, 0.2) is 0 Å². The van der Waals surface area contributed by atoms with Crippen LogP contribution in [0.15, 0.2) is 0 Å². The van der Waals surface area contributed by atoms with Gasteiger partial charge >= 0.3 is 6.01 Å². The zero-order chi connectivity index (χ0) is 13.8. The number of nitrogens with one attached hydrogen (secondary N) is 2. The third kappa shape index (κ3) is 3.92. The van der Waals surface area contributed by atoms with Gasteiger partial charge in [-0.05, 0) is 39.0 Å². The lowest BCUT2D eigenvalue weighted by molar-refractivity contribution is 0.222. The molecule has 0 aliphatic heterocycles. The van der Waals surface area contributed by atoms with Crippen LogP contribution in [0.2, 0.25) is 0 Å². The maximum absolute atomic E-state index is 5.49. The van der Waals surface area contributed by atoms with Crippen LogP contribution in [0.25, 0.3) is 0 Å². The van der Waals surface area contributed by atoms with Crippen LogP contribution in [0.1, 0.15) is 40.0 Å². The van der Waals surface area contributed by atoms with Crippen molar-refractivity contribution >= 4 is 11.9 Å². The molecule has 0 amide bonds. The second-order valence-corrected chi connectivity index (χ2v) is 5.34. The predicted molar refractivity (Wildman–Crippen MR) is 73.8 cm³/mol. The van der Waals surface area contributed by atoms with Crippen molar-refractivity contribution in [3.8, 4) is 6.01 Å². The molecule has 7 heteroatoms. The molecular formula is C12H22N6O. The summed E-state index contributed by atoms with van der Waals surface area (Å²) in [5.74, 6) is 6.93. The Kier molecular flexibility index (Phi) is 4.36. The van der Waals surface area contributed by atoms with Crippen LogP contribution in [0.5, 0.6) is 6.01 Å². The van der Waals surface area contributed by atoms with E-state index in [-0.39, 0.29) is 12.1 Å². The van der Waals surface area contributed by atoms with Crippen molar-refractivity contribution in [1.29, 1.82) is 0 Å². The number of hydrogen-bond donors (Lipinski definition) is 3. The van der Waals surface area contributed by atoms with E-state index >= 15 is 0 Å². The van der Waals surface area contributed by atoms with Gasteiger partial charge in [-0.3, -0.25) is 5.43 Å². The lowest BCUT2D eigenvalue weighted by Gasteiger charge is -2.14. The van der Waals surface area contributed by atoms with Crippen molar-refractivity contribution in [2.24, 2.45) is 11.8 Å². The van der Waals surface area contributed by atoms with Gasteiger partial charge in [-0.1, -0.05) is 6.92 Å². The Balaban J connectivity index is 2.10. The topological polar surface area (TPSA) is 98.0 Å². The van der Waals surface area contributed by atoms with Crippen LogP contribution in [-0.2, 0) is 0 Å². The third-order valence-corrected chi connectivity index (χ3v) is 3.11. The lowest BCUT2D eigenvalue weighted by atomic mass is 10.1. The van der Waals surface area contributed by atoms with E-state index in [0.29, 0.717) is 17.9 Å². The molecule has 0 radical (unpaired) electrons. The van der Waals surface area contributed by atoms with Crippen LogP contribution >= 0.6 is 0 Å². The largest absolute Gasteiger partial charge is 0.461 e. The molecule has 19 heavy (non-hydrogen) atoms. The molecule has 0 aromatic carbocycles. The standard InChI is InChI=1S/C12H22N6O/c1-7(2)19-12-16-10(15-11(17-12)18-13)14-9-5-4-8(3)6-9/h7-9H,4-6,13H2,1-3H3,(H2,14,15,16,17,18). The molecular weight excluding hydrogens is 244 g/mol. The molecule has 1 fully saturated rings. The number of anilines is 2. The van der Waals surface area contributed by atoms with Crippen LogP contribution in [0.3, 0.4) is 0 Å². The van der Waals surface area contributed by atoms with Crippen LogP contribution in [0, 0.1) is 5.92 Å². The van der Waals surface area contributed by atoms with Gasteiger partial charge in [-0.25, -0.2) is 5.84 Å². The second-order valence-electron chi connectivity index (χ2n) is 5.34.